The Morgan fingerprint density at radius 3 is 2.73 bits per heavy atom. The summed E-state index contributed by atoms with van der Waals surface area (Å²) >= 11 is 0. The molecule has 1 fully saturated rings. The molecule has 4 nitrogen and oxygen atoms in total. The minimum Gasteiger partial charge on any atom is -0.423 e. The van der Waals surface area contributed by atoms with Gasteiger partial charge < -0.3 is 15.4 Å². The van der Waals surface area contributed by atoms with Crippen molar-refractivity contribution < 1.29 is 14.8 Å². The summed E-state index contributed by atoms with van der Waals surface area (Å²) in [4.78, 5) is 11.6. The molecule has 3 N–H and O–H groups in total. The number of benzene rings is 1. The lowest BCUT2D eigenvalue weighted by Crippen LogP contribution is -2.32. The van der Waals surface area contributed by atoms with Crippen LogP contribution in [-0.2, 0) is 0 Å². The van der Waals surface area contributed by atoms with Gasteiger partial charge in [-0.1, -0.05) is 12.1 Å². The summed E-state index contributed by atoms with van der Waals surface area (Å²) in [6.45, 7) is 0. The molecule has 0 heterocycles. The zero-order chi connectivity index (χ0) is 10.8. The Hall–Kier alpha value is -1.33. The lowest BCUT2D eigenvalue weighted by atomic mass is 9.79. The lowest BCUT2D eigenvalue weighted by molar-refractivity contribution is 0.0951. The molecular formula is C10H12BNO3. The maximum Gasteiger partial charge on any atom is 0.488 e. The van der Waals surface area contributed by atoms with Crippen molar-refractivity contribution in [3.63, 3.8) is 0 Å². The predicted molar refractivity (Wildman–Crippen MR) is 56.8 cm³/mol. The van der Waals surface area contributed by atoms with E-state index < -0.39 is 7.12 Å². The van der Waals surface area contributed by atoms with Crippen molar-refractivity contribution in [2.24, 2.45) is 0 Å². The van der Waals surface area contributed by atoms with Crippen LogP contribution in [0.4, 0.5) is 0 Å². The summed E-state index contributed by atoms with van der Waals surface area (Å²) in [5.74, 6) is -0.153. The maximum atomic E-state index is 11.6. The summed E-state index contributed by atoms with van der Waals surface area (Å²) in [5.41, 5.74) is 0.797. The molecule has 1 aliphatic carbocycles. The van der Waals surface area contributed by atoms with Crippen LogP contribution in [0.25, 0.3) is 0 Å². The highest BCUT2D eigenvalue weighted by Gasteiger charge is 2.24. The zero-order valence-electron chi connectivity index (χ0n) is 8.18. The summed E-state index contributed by atoms with van der Waals surface area (Å²) in [6.07, 6.45) is 2.07. The van der Waals surface area contributed by atoms with Gasteiger partial charge in [0.25, 0.3) is 5.91 Å². The van der Waals surface area contributed by atoms with E-state index in [0.29, 0.717) is 17.1 Å². The average Bonchev–Trinajstić information content (AvgIpc) is 3.02. The first-order valence-electron chi connectivity index (χ1n) is 4.94. The number of nitrogens with one attached hydrogen (secondary N) is 1. The molecule has 1 saturated carbocycles. The molecule has 0 aromatic heterocycles. The van der Waals surface area contributed by atoms with E-state index in [2.05, 4.69) is 5.32 Å². The molecule has 0 atom stereocenters. The fourth-order valence-corrected chi connectivity index (χ4v) is 1.34. The van der Waals surface area contributed by atoms with Crippen molar-refractivity contribution >= 4 is 18.5 Å². The third-order valence-electron chi connectivity index (χ3n) is 2.36. The van der Waals surface area contributed by atoms with E-state index in [1.807, 2.05) is 0 Å². The Balaban J connectivity index is 2.12. The van der Waals surface area contributed by atoms with Crippen LogP contribution in [0.1, 0.15) is 23.2 Å². The largest absolute Gasteiger partial charge is 0.488 e. The van der Waals surface area contributed by atoms with E-state index in [-0.39, 0.29) is 5.91 Å². The van der Waals surface area contributed by atoms with Gasteiger partial charge >= 0.3 is 7.12 Å². The summed E-state index contributed by atoms with van der Waals surface area (Å²) in [5, 5.41) is 20.7. The topological polar surface area (TPSA) is 69.6 Å². The molecule has 78 valence electrons. The molecule has 1 aromatic carbocycles. The first-order valence-corrected chi connectivity index (χ1v) is 4.94. The summed E-state index contributed by atoms with van der Waals surface area (Å²) in [6, 6.07) is 6.65. The van der Waals surface area contributed by atoms with E-state index in [1.165, 1.54) is 6.07 Å². The lowest BCUT2D eigenvalue weighted by Gasteiger charge is -2.05. The van der Waals surface area contributed by atoms with E-state index in [9.17, 15) is 4.79 Å². The van der Waals surface area contributed by atoms with Gasteiger partial charge in [0.2, 0.25) is 0 Å². The minimum atomic E-state index is -1.53. The average molecular weight is 205 g/mol. The summed E-state index contributed by atoms with van der Waals surface area (Å²) < 4.78 is 0. The monoisotopic (exact) mass is 205 g/mol. The second-order valence-corrected chi connectivity index (χ2v) is 3.75. The Morgan fingerprint density at radius 2 is 2.13 bits per heavy atom. The molecule has 2 rings (SSSR count). The molecule has 1 aliphatic rings. The normalized spacial score (nSPS) is 14.8. The molecular weight excluding hydrogens is 193 g/mol. The van der Waals surface area contributed by atoms with Gasteiger partial charge in [-0.2, -0.15) is 0 Å². The molecule has 15 heavy (non-hydrogen) atoms. The Bertz CT molecular complexity index is 377. The van der Waals surface area contributed by atoms with E-state index >= 15 is 0 Å². The third-order valence-corrected chi connectivity index (χ3v) is 2.36. The van der Waals surface area contributed by atoms with Crippen LogP contribution >= 0.6 is 0 Å². The second kappa shape index (κ2) is 4.04. The van der Waals surface area contributed by atoms with Crippen LogP contribution in [0.2, 0.25) is 0 Å². The highest BCUT2D eigenvalue weighted by molar-refractivity contribution is 6.58. The number of carbonyl (C=O) groups is 1. The number of amides is 1. The standard InChI is InChI=1S/C10H12BNO3/c13-10(12-9-4-5-9)7-2-1-3-8(6-7)11(14)15/h1-3,6,9,14-15H,4-5H2,(H,12,13). The summed E-state index contributed by atoms with van der Waals surface area (Å²) in [7, 11) is -1.53. The quantitative estimate of drug-likeness (QED) is 0.569. The van der Waals surface area contributed by atoms with Gasteiger partial charge in [0.15, 0.2) is 0 Å². The molecule has 5 heteroatoms. The van der Waals surface area contributed by atoms with E-state index in [0.717, 1.165) is 12.8 Å². The van der Waals surface area contributed by atoms with Crippen molar-refractivity contribution in [2.45, 2.75) is 18.9 Å². The highest BCUT2D eigenvalue weighted by atomic mass is 16.4. The number of hydrogen-bond acceptors (Lipinski definition) is 3. The van der Waals surface area contributed by atoms with Crippen molar-refractivity contribution in [1.82, 2.24) is 5.32 Å². The molecule has 0 spiro atoms. The van der Waals surface area contributed by atoms with Crippen LogP contribution in [-0.4, -0.2) is 29.1 Å². The third kappa shape index (κ3) is 2.58. The van der Waals surface area contributed by atoms with Crippen molar-refractivity contribution in [3.05, 3.63) is 29.8 Å². The maximum absolute atomic E-state index is 11.6. The van der Waals surface area contributed by atoms with Crippen molar-refractivity contribution in [1.29, 1.82) is 0 Å². The van der Waals surface area contributed by atoms with Gasteiger partial charge in [-0.25, -0.2) is 0 Å². The number of rotatable bonds is 3. The van der Waals surface area contributed by atoms with E-state index in [1.54, 1.807) is 18.2 Å². The second-order valence-electron chi connectivity index (χ2n) is 3.75. The SMILES string of the molecule is O=C(NC1CC1)c1cccc(B(O)O)c1. The molecule has 0 bridgehead atoms. The molecule has 0 unspecified atom stereocenters. The molecule has 0 aliphatic heterocycles. The van der Waals surface area contributed by atoms with Crippen LogP contribution < -0.4 is 10.8 Å². The van der Waals surface area contributed by atoms with Crippen LogP contribution in [0, 0.1) is 0 Å². The van der Waals surface area contributed by atoms with Crippen LogP contribution in [0.15, 0.2) is 24.3 Å². The van der Waals surface area contributed by atoms with Gasteiger partial charge in [-0.3, -0.25) is 4.79 Å². The predicted octanol–water partition coefficient (Wildman–Crippen LogP) is -0.741. The fraction of sp³-hybridized carbons (Fsp3) is 0.300. The van der Waals surface area contributed by atoms with Gasteiger partial charge in [-0.15, -0.1) is 0 Å². The first-order chi connectivity index (χ1) is 7.16. The van der Waals surface area contributed by atoms with Crippen LogP contribution in [0.3, 0.4) is 0 Å². The van der Waals surface area contributed by atoms with Crippen molar-refractivity contribution in [3.8, 4) is 0 Å². The fourth-order valence-electron chi connectivity index (χ4n) is 1.34. The minimum absolute atomic E-state index is 0.153. The Labute approximate surface area is 88.1 Å². The number of carbonyl (C=O) groups excluding carboxylic acids is 1. The van der Waals surface area contributed by atoms with E-state index in [4.69, 9.17) is 10.0 Å². The molecule has 0 saturated heterocycles. The zero-order valence-corrected chi connectivity index (χ0v) is 8.18. The molecule has 1 aromatic rings. The van der Waals surface area contributed by atoms with Gasteiger partial charge in [-0.05, 0) is 30.4 Å². The van der Waals surface area contributed by atoms with Gasteiger partial charge in [0, 0.05) is 11.6 Å². The first kappa shape index (κ1) is 10.2. The Morgan fingerprint density at radius 1 is 1.40 bits per heavy atom. The highest BCUT2D eigenvalue weighted by Crippen LogP contribution is 2.19. The van der Waals surface area contributed by atoms with Crippen LogP contribution in [0.5, 0.6) is 0 Å². The van der Waals surface area contributed by atoms with Gasteiger partial charge in [0.05, 0.1) is 0 Å². The van der Waals surface area contributed by atoms with Crippen molar-refractivity contribution in [2.75, 3.05) is 0 Å². The smallest absolute Gasteiger partial charge is 0.423 e. The molecule has 1 amide bonds. The number of hydrogen-bond donors (Lipinski definition) is 3. The Kier molecular flexibility index (Phi) is 2.75. The molecule has 0 radical (unpaired) electrons. The van der Waals surface area contributed by atoms with Gasteiger partial charge in [0.1, 0.15) is 0 Å².